The van der Waals surface area contributed by atoms with Crippen LogP contribution in [0.2, 0.25) is 0 Å². The average molecular weight is 188 g/mol. The molecule has 13 heavy (non-hydrogen) atoms. The van der Waals surface area contributed by atoms with Crippen LogP contribution in [-0.4, -0.2) is 61.3 Å². The molecule has 0 aromatic heterocycles. The predicted octanol–water partition coefficient (Wildman–Crippen LogP) is 0.642. The third-order valence-corrected chi connectivity index (χ3v) is 2.23. The SMILES string of the molecule is CC.CN1CCN(CCCO)CC1. The topological polar surface area (TPSA) is 26.7 Å². The lowest BCUT2D eigenvalue weighted by atomic mass is 10.3. The molecule has 0 aromatic carbocycles. The van der Waals surface area contributed by atoms with Crippen LogP contribution in [0.5, 0.6) is 0 Å². The van der Waals surface area contributed by atoms with Crippen LogP contribution in [0.15, 0.2) is 0 Å². The molecule has 0 saturated carbocycles. The maximum Gasteiger partial charge on any atom is 0.0443 e. The normalized spacial score (nSPS) is 19.4. The van der Waals surface area contributed by atoms with Gasteiger partial charge in [-0.15, -0.1) is 0 Å². The van der Waals surface area contributed by atoms with E-state index >= 15 is 0 Å². The summed E-state index contributed by atoms with van der Waals surface area (Å²) in [4.78, 5) is 4.76. The lowest BCUT2D eigenvalue weighted by molar-refractivity contribution is 0.143. The average Bonchev–Trinajstić information content (AvgIpc) is 2.20. The van der Waals surface area contributed by atoms with Crippen molar-refractivity contribution in [2.75, 3.05) is 46.4 Å². The van der Waals surface area contributed by atoms with Gasteiger partial charge in [0.15, 0.2) is 0 Å². The number of rotatable bonds is 3. The fourth-order valence-electron chi connectivity index (χ4n) is 1.37. The minimum absolute atomic E-state index is 0.326. The van der Waals surface area contributed by atoms with Gasteiger partial charge in [0, 0.05) is 39.3 Å². The van der Waals surface area contributed by atoms with E-state index in [0.717, 1.165) is 26.1 Å². The van der Waals surface area contributed by atoms with E-state index in [1.807, 2.05) is 13.8 Å². The number of piperazine rings is 1. The molecule has 1 aliphatic rings. The van der Waals surface area contributed by atoms with E-state index in [1.54, 1.807) is 0 Å². The van der Waals surface area contributed by atoms with E-state index in [0.29, 0.717) is 6.61 Å². The molecule has 3 heteroatoms. The Balaban J connectivity index is 0.000000671. The summed E-state index contributed by atoms with van der Waals surface area (Å²) in [6.07, 6.45) is 0.920. The highest BCUT2D eigenvalue weighted by Gasteiger charge is 2.12. The maximum absolute atomic E-state index is 8.61. The summed E-state index contributed by atoms with van der Waals surface area (Å²) in [5, 5.41) is 8.61. The standard InChI is InChI=1S/C8H18N2O.C2H6/c1-9-4-6-10(7-5-9)3-2-8-11;1-2/h11H,2-8H2,1H3;1-2H3. The van der Waals surface area contributed by atoms with Crippen molar-refractivity contribution in [3.8, 4) is 0 Å². The number of likely N-dealkylation sites (N-methyl/N-ethyl adjacent to an activating group) is 1. The number of nitrogens with zero attached hydrogens (tertiary/aromatic N) is 2. The van der Waals surface area contributed by atoms with Gasteiger partial charge in [0.2, 0.25) is 0 Å². The van der Waals surface area contributed by atoms with Gasteiger partial charge in [0.25, 0.3) is 0 Å². The summed E-state index contributed by atoms with van der Waals surface area (Å²) in [5.74, 6) is 0. The zero-order valence-corrected chi connectivity index (χ0v) is 9.29. The Morgan fingerprint density at radius 1 is 1.08 bits per heavy atom. The van der Waals surface area contributed by atoms with Gasteiger partial charge in [-0.2, -0.15) is 0 Å². The summed E-state index contributed by atoms with van der Waals surface area (Å²) in [5.41, 5.74) is 0. The Labute approximate surface area is 82.3 Å². The number of hydrogen-bond donors (Lipinski definition) is 1. The van der Waals surface area contributed by atoms with Gasteiger partial charge in [0.1, 0.15) is 0 Å². The minimum Gasteiger partial charge on any atom is -0.396 e. The zero-order valence-electron chi connectivity index (χ0n) is 9.29. The van der Waals surface area contributed by atoms with Crippen molar-refractivity contribution in [1.82, 2.24) is 9.80 Å². The van der Waals surface area contributed by atoms with Crippen molar-refractivity contribution in [2.45, 2.75) is 20.3 Å². The summed E-state index contributed by atoms with van der Waals surface area (Å²) >= 11 is 0. The van der Waals surface area contributed by atoms with Gasteiger partial charge in [-0.1, -0.05) is 13.8 Å². The molecule has 1 heterocycles. The first-order valence-corrected chi connectivity index (χ1v) is 5.34. The summed E-state index contributed by atoms with van der Waals surface area (Å²) < 4.78 is 0. The van der Waals surface area contributed by atoms with Gasteiger partial charge in [0.05, 0.1) is 0 Å². The van der Waals surface area contributed by atoms with Crippen molar-refractivity contribution in [3.63, 3.8) is 0 Å². The molecule has 1 N–H and O–H groups in total. The number of aliphatic hydroxyl groups excluding tert-OH is 1. The van der Waals surface area contributed by atoms with Crippen LogP contribution in [0.4, 0.5) is 0 Å². The molecule has 0 aliphatic carbocycles. The Hall–Kier alpha value is -0.120. The molecule has 0 atom stereocenters. The van der Waals surface area contributed by atoms with Gasteiger partial charge in [-0.3, -0.25) is 0 Å². The van der Waals surface area contributed by atoms with E-state index in [1.165, 1.54) is 13.1 Å². The van der Waals surface area contributed by atoms with Crippen molar-refractivity contribution in [1.29, 1.82) is 0 Å². The van der Waals surface area contributed by atoms with Crippen molar-refractivity contribution < 1.29 is 5.11 Å². The molecule has 0 radical (unpaired) electrons. The minimum atomic E-state index is 0.326. The molecule has 0 spiro atoms. The lowest BCUT2D eigenvalue weighted by Gasteiger charge is -2.32. The Morgan fingerprint density at radius 2 is 1.62 bits per heavy atom. The van der Waals surface area contributed by atoms with Crippen LogP contribution in [-0.2, 0) is 0 Å². The molecule has 1 aliphatic heterocycles. The van der Waals surface area contributed by atoms with E-state index in [-0.39, 0.29) is 0 Å². The first kappa shape index (κ1) is 12.9. The molecule has 0 amide bonds. The second-order valence-electron chi connectivity index (χ2n) is 3.22. The van der Waals surface area contributed by atoms with E-state index < -0.39 is 0 Å². The summed E-state index contributed by atoms with van der Waals surface area (Å²) in [6.45, 7) is 10.1. The second-order valence-corrected chi connectivity index (χ2v) is 3.22. The number of aliphatic hydroxyl groups is 1. The Morgan fingerprint density at radius 3 is 2.08 bits per heavy atom. The first-order chi connectivity index (χ1) is 6.33. The van der Waals surface area contributed by atoms with Crippen molar-refractivity contribution in [2.24, 2.45) is 0 Å². The summed E-state index contributed by atoms with van der Waals surface area (Å²) in [7, 11) is 2.16. The Bertz CT molecular complexity index is 98.3. The van der Waals surface area contributed by atoms with Crippen LogP contribution in [0.1, 0.15) is 20.3 Å². The molecule has 0 unspecified atom stereocenters. The highest BCUT2D eigenvalue weighted by Crippen LogP contribution is 1.98. The molecule has 0 aromatic rings. The van der Waals surface area contributed by atoms with E-state index in [4.69, 9.17) is 5.11 Å². The largest absolute Gasteiger partial charge is 0.396 e. The molecular formula is C10H24N2O. The maximum atomic E-state index is 8.61. The second kappa shape index (κ2) is 8.48. The van der Waals surface area contributed by atoms with Gasteiger partial charge in [-0.05, 0) is 13.5 Å². The van der Waals surface area contributed by atoms with Gasteiger partial charge >= 0.3 is 0 Å². The van der Waals surface area contributed by atoms with Crippen LogP contribution >= 0.6 is 0 Å². The molecule has 3 nitrogen and oxygen atoms in total. The third-order valence-electron chi connectivity index (χ3n) is 2.23. The van der Waals surface area contributed by atoms with Crippen molar-refractivity contribution in [3.05, 3.63) is 0 Å². The quantitative estimate of drug-likeness (QED) is 0.704. The highest BCUT2D eigenvalue weighted by molar-refractivity contribution is 4.68. The highest BCUT2D eigenvalue weighted by atomic mass is 16.3. The molecule has 0 bridgehead atoms. The summed E-state index contributed by atoms with van der Waals surface area (Å²) in [6, 6.07) is 0. The van der Waals surface area contributed by atoms with Crippen LogP contribution in [0.3, 0.4) is 0 Å². The monoisotopic (exact) mass is 188 g/mol. The smallest absolute Gasteiger partial charge is 0.0443 e. The van der Waals surface area contributed by atoms with Crippen LogP contribution in [0, 0.1) is 0 Å². The number of hydrogen-bond acceptors (Lipinski definition) is 3. The van der Waals surface area contributed by atoms with Gasteiger partial charge < -0.3 is 14.9 Å². The zero-order chi connectivity index (χ0) is 10.1. The third kappa shape index (κ3) is 6.02. The lowest BCUT2D eigenvalue weighted by Crippen LogP contribution is -2.44. The fourth-order valence-corrected chi connectivity index (χ4v) is 1.37. The molecular weight excluding hydrogens is 164 g/mol. The van der Waals surface area contributed by atoms with Crippen LogP contribution in [0.25, 0.3) is 0 Å². The van der Waals surface area contributed by atoms with Gasteiger partial charge in [-0.25, -0.2) is 0 Å². The molecule has 80 valence electrons. The molecule has 1 saturated heterocycles. The van der Waals surface area contributed by atoms with E-state index in [9.17, 15) is 0 Å². The molecule has 1 fully saturated rings. The molecule has 1 rings (SSSR count). The first-order valence-electron chi connectivity index (χ1n) is 5.34. The Kier molecular flexibility index (Phi) is 8.40. The van der Waals surface area contributed by atoms with E-state index in [2.05, 4.69) is 16.8 Å². The van der Waals surface area contributed by atoms with Crippen LogP contribution < -0.4 is 0 Å². The fraction of sp³-hybridized carbons (Fsp3) is 1.00. The van der Waals surface area contributed by atoms with Crippen molar-refractivity contribution >= 4 is 0 Å². The predicted molar refractivity (Wildman–Crippen MR) is 57.0 cm³/mol.